The average Bonchev–Trinajstić information content (AvgIpc) is 3.45. The van der Waals surface area contributed by atoms with Gasteiger partial charge in [-0.1, -0.05) is 19.3 Å². The number of H-pyrrole nitrogens is 1. The van der Waals surface area contributed by atoms with Gasteiger partial charge in [0, 0.05) is 48.9 Å². The Hall–Kier alpha value is -2.77. The predicted molar refractivity (Wildman–Crippen MR) is 121 cm³/mol. The number of aromatic nitrogens is 4. The third-order valence-electron chi connectivity index (χ3n) is 7.42. The molecule has 2 aromatic rings. The van der Waals surface area contributed by atoms with Crippen molar-refractivity contribution in [3.63, 3.8) is 0 Å². The van der Waals surface area contributed by atoms with Gasteiger partial charge < -0.3 is 4.90 Å². The number of nitrogens with zero attached hydrogens (tertiary/aromatic N) is 5. The first-order valence-corrected chi connectivity index (χ1v) is 12.0. The van der Waals surface area contributed by atoms with Crippen molar-refractivity contribution in [3.05, 3.63) is 34.5 Å². The normalized spacial score (nSPS) is 21.8. The molecule has 32 heavy (non-hydrogen) atoms. The summed E-state index contributed by atoms with van der Waals surface area (Å²) in [6.07, 6.45) is 9.91. The summed E-state index contributed by atoms with van der Waals surface area (Å²) in [5.41, 5.74) is 3.50. The highest BCUT2D eigenvalue weighted by molar-refractivity contribution is 5.96. The molecule has 0 aromatic carbocycles. The molecule has 0 unspecified atom stereocenters. The Morgan fingerprint density at radius 1 is 1.12 bits per heavy atom. The Kier molecular flexibility index (Phi) is 5.69. The van der Waals surface area contributed by atoms with E-state index in [1.54, 1.807) is 6.20 Å². The van der Waals surface area contributed by atoms with E-state index in [0.29, 0.717) is 31.0 Å². The molecule has 2 fully saturated rings. The summed E-state index contributed by atoms with van der Waals surface area (Å²) < 4.78 is 0. The van der Waals surface area contributed by atoms with Gasteiger partial charge in [-0.05, 0) is 45.4 Å². The third kappa shape index (κ3) is 3.91. The predicted octanol–water partition coefficient (Wildman–Crippen LogP) is 3.31. The second-order valence-electron chi connectivity index (χ2n) is 9.62. The van der Waals surface area contributed by atoms with Crippen LogP contribution in [0.1, 0.15) is 84.0 Å². The number of anilines is 1. The SMILES string of the molecule is Cc1nc([C@H]2CCN(C(=O)c3cn[nH]c3C)C2)nc2c1CCC(=O)N2CC1CCCCC1. The maximum Gasteiger partial charge on any atom is 0.257 e. The Morgan fingerprint density at radius 2 is 1.94 bits per heavy atom. The molecular formula is C24H32N6O2. The zero-order valence-corrected chi connectivity index (χ0v) is 19.1. The lowest BCUT2D eigenvalue weighted by atomic mass is 9.88. The number of amides is 2. The van der Waals surface area contributed by atoms with Gasteiger partial charge in [0.05, 0.1) is 11.8 Å². The molecule has 0 spiro atoms. The van der Waals surface area contributed by atoms with E-state index in [4.69, 9.17) is 9.97 Å². The van der Waals surface area contributed by atoms with Crippen LogP contribution in [-0.2, 0) is 11.2 Å². The zero-order chi connectivity index (χ0) is 22.2. The van der Waals surface area contributed by atoms with Crippen molar-refractivity contribution in [2.24, 2.45) is 5.92 Å². The minimum absolute atomic E-state index is 0.00235. The van der Waals surface area contributed by atoms with E-state index in [0.717, 1.165) is 48.0 Å². The van der Waals surface area contributed by atoms with Gasteiger partial charge in [0.2, 0.25) is 5.91 Å². The van der Waals surface area contributed by atoms with Crippen molar-refractivity contribution in [1.29, 1.82) is 0 Å². The van der Waals surface area contributed by atoms with Crippen LogP contribution in [0.3, 0.4) is 0 Å². The summed E-state index contributed by atoms with van der Waals surface area (Å²) in [6.45, 7) is 5.94. The second-order valence-corrected chi connectivity index (χ2v) is 9.62. The Balaban J connectivity index is 1.38. The van der Waals surface area contributed by atoms with E-state index < -0.39 is 0 Å². The molecule has 2 aliphatic heterocycles. The molecule has 8 heteroatoms. The van der Waals surface area contributed by atoms with Crippen LogP contribution in [0, 0.1) is 19.8 Å². The highest BCUT2D eigenvalue weighted by Gasteiger charge is 2.34. The molecule has 8 nitrogen and oxygen atoms in total. The van der Waals surface area contributed by atoms with Crippen LogP contribution in [0.2, 0.25) is 0 Å². The topological polar surface area (TPSA) is 95.1 Å². The van der Waals surface area contributed by atoms with Crippen LogP contribution in [0.15, 0.2) is 6.20 Å². The van der Waals surface area contributed by atoms with Gasteiger partial charge in [-0.2, -0.15) is 5.10 Å². The number of hydrogen-bond acceptors (Lipinski definition) is 5. The van der Waals surface area contributed by atoms with Crippen molar-refractivity contribution in [3.8, 4) is 0 Å². The fraction of sp³-hybridized carbons (Fsp3) is 0.625. The lowest BCUT2D eigenvalue weighted by Crippen LogP contribution is -2.40. The molecular weight excluding hydrogens is 404 g/mol. The molecule has 2 amide bonds. The summed E-state index contributed by atoms with van der Waals surface area (Å²) in [5.74, 6) is 2.43. The fourth-order valence-electron chi connectivity index (χ4n) is 5.49. The standard InChI is InChI=1S/C24H32N6O2/c1-15-19-8-9-21(31)30(13-17-6-4-3-5-7-17)23(19)27-22(26-15)18-10-11-29(14-18)24(32)20-12-25-28-16(20)2/h12,17-18H,3-11,13-14H2,1-2H3,(H,25,28)/t18-/m0/s1. The number of carbonyl (C=O) groups excluding carboxylic acids is 2. The molecule has 0 radical (unpaired) electrons. The maximum atomic E-state index is 12.9. The highest BCUT2D eigenvalue weighted by atomic mass is 16.2. The van der Waals surface area contributed by atoms with Crippen LogP contribution < -0.4 is 4.90 Å². The average molecular weight is 437 g/mol. The molecule has 1 atom stereocenters. The van der Waals surface area contributed by atoms with Gasteiger partial charge in [0.1, 0.15) is 11.6 Å². The molecule has 1 saturated heterocycles. The van der Waals surface area contributed by atoms with Crippen molar-refractivity contribution >= 4 is 17.6 Å². The number of hydrogen-bond donors (Lipinski definition) is 1. The van der Waals surface area contributed by atoms with E-state index in [1.165, 1.54) is 32.1 Å². The van der Waals surface area contributed by atoms with E-state index in [-0.39, 0.29) is 17.7 Å². The van der Waals surface area contributed by atoms with E-state index >= 15 is 0 Å². The number of likely N-dealkylation sites (tertiary alicyclic amines) is 1. The minimum Gasteiger partial charge on any atom is -0.338 e. The lowest BCUT2D eigenvalue weighted by molar-refractivity contribution is -0.119. The monoisotopic (exact) mass is 436 g/mol. The summed E-state index contributed by atoms with van der Waals surface area (Å²) >= 11 is 0. The fourth-order valence-corrected chi connectivity index (χ4v) is 5.49. The number of aromatic amines is 1. The van der Waals surface area contributed by atoms with Gasteiger partial charge in [0.25, 0.3) is 5.91 Å². The number of rotatable bonds is 4. The zero-order valence-electron chi connectivity index (χ0n) is 19.1. The first-order chi connectivity index (χ1) is 15.5. The lowest BCUT2D eigenvalue weighted by Gasteiger charge is -2.33. The van der Waals surface area contributed by atoms with Gasteiger partial charge in [-0.25, -0.2) is 9.97 Å². The van der Waals surface area contributed by atoms with E-state index in [1.807, 2.05) is 23.6 Å². The Bertz CT molecular complexity index is 1030. The summed E-state index contributed by atoms with van der Waals surface area (Å²) in [5, 5.41) is 6.82. The first-order valence-electron chi connectivity index (χ1n) is 12.0. The molecule has 0 bridgehead atoms. The van der Waals surface area contributed by atoms with Crippen molar-refractivity contribution < 1.29 is 9.59 Å². The largest absolute Gasteiger partial charge is 0.338 e. The highest BCUT2D eigenvalue weighted by Crippen LogP contribution is 2.34. The minimum atomic E-state index is 0.00235. The molecule has 3 aliphatic rings. The Morgan fingerprint density at radius 3 is 2.69 bits per heavy atom. The first kappa shape index (κ1) is 21.1. The van der Waals surface area contributed by atoms with Gasteiger partial charge in [0.15, 0.2) is 0 Å². The second kappa shape index (κ2) is 8.64. The third-order valence-corrected chi connectivity index (χ3v) is 7.42. The molecule has 1 aliphatic carbocycles. The quantitative estimate of drug-likeness (QED) is 0.793. The number of nitrogens with one attached hydrogen (secondary N) is 1. The molecule has 170 valence electrons. The van der Waals surface area contributed by atoms with Crippen LogP contribution in [0.25, 0.3) is 0 Å². The van der Waals surface area contributed by atoms with E-state index in [9.17, 15) is 9.59 Å². The summed E-state index contributed by atoms with van der Waals surface area (Å²) in [6, 6.07) is 0. The van der Waals surface area contributed by atoms with Gasteiger partial charge in [-0.15, -0.1) is 0 Å². The Labute approximate surface area is 188 Å². The summed E-state index contributed by atoms with van der Waals surface area (Å²) in [4.78, 5) is 39.4. The molecule has 4 heterocycles. The number of fused-ring (bicyclic) bond motifs is 1. The van der Waals surface area contributed by atoms with Crippen molar-refractivity contribution in [2.45, 2.75) is 71.1 Å². The van der Waals surface area contributed by atoms with Crippen LogP contribution in [0.5, 0.6) is 0 Å². The van der Waals surface area contributed by atoms with Crippen molar-refractivity contribution in [1.82, 2.24) is 25.1 Å². The molecule has 5 rings (SSSR count). The molecule has 1 saturated carbocycles. The van der Waals surface area contributed by atoms with Crippen LogP contribution in [-0.4, -0.2) is 56.5 Å². The van der Waals surface area contributed by atoms with Gasteiger partial charge >= 0.3 is 0 Å². The molecule has 1 N–H and O–H groups in total. The van der Waals surface area contributed by atoms with Crippen LogP contribution in [0.4, 0.5) is 5.82 Å². The molecule has 2 aromatic heterocycles. The van der Waals surface area contributed by atoms with E-state index in [2.05, 4.69) is 10.2 Å². The summed E-state index contributed by atoms with van der Waals surface area (Å²) in [7, 11) is 0. The number of carbonyl (C=O) groups is 2. The van der Waals surface area contributed by atoms with Gasteiger partial charge in [-0.3, -0.25) is 19.6 Å². The van der Waals surface area contributed by atoms with Crippen molar-refractivity contribution in [2.75, 3.05) is 24.5 Å². The maximum absolute atomic E-state index is 12.9. The smallest absolute Gasteiger partial charge is 0.257 e. The van der Waals surface area contributed by atoms with Crippen LogP contribution >= 0.6 is 0 Å². The number of aryl methyl sites for hydroxylation is 2.